The minimum atomic E-state index is -3.31. The van der Waals surface area contributed by atoms with Gasteiger partial charge in [0.1, 0.15) is 0 Å². The highest BCUT2D eigenvalue weighted by molar-refractivity contribution is 7.90. The van der Waals surface area contributed by atoms with Gasteiger partial charge in [-0.3, -0.25) is 9.59 Å². The number of hydrogen-bond acceptors (Lipinski definition) is 4. The second-order valence-electron chi connectivity index (χ2n) is 6.42. The zero-order chi connectivity index (χ0) is 19.5. The van der Waals surface area contributed by atoms with Gasteiger partial charge in [0.2, 0.25) is 5.91 Å². The molecule has 2 aromatic carbocycles. The lowest BCUT2D eigenvalue weighted by atomic mass is 10.1. The number of carbonyl (C=O) groups excluding carboxylic acids is 2. The molecule has 6 nitrogen and oxygen atoms in total. The topological polar surface area (TPSA) is 92.3 Å². The van der Waals surface area contributed by atoms with Crippen molar-refractivity contribution in [3.05, 3.63) is 53.6 Å². The Hall–Kier alpha value is -2.67. The van der Waals surface area contributed by atoms with Crippen molar-refractivity contribution in [3.63, 3.8) is 0 Å². The molecule has 0 saturated carbocycles. The zero-order valence-corrected chi connectivity index (χ0v) is 16.0. The van der Waals surface area contributed by atoms with E-state index >= 15 is 0 Å². The van der Waals surface area contributed by atoms with Crippen LogP contribution in [0.5, 0.6) is 0 Å². The van der Waals surface area contributed by atoms with E-state index in [1.165, 1.54) is 24.3 Å². The number of sulfone groups is 1. The minimum absolute atomic E-state index is 0.109. The van der Waals surface area contributed by atoms with Crippen LogP contribution in [-0.4, -0.2) is 26.5 Å². The summed E-state index contributed by atoms with van der Waals surface area (Å²) in [4.78, 5) is 24.4. The predicted molar refractivity (Wildman–Crippen MR) is 102 cm³/mol. The number of hydrogen-bond donors (Lipinski definition) is 2. The van der Waals surface area contributed by atoms with Gasteiger partial charge in [-0.25, -0.2) is 8.42 Å². The van der Waals surface area contributed by atoms with Crippen LogP contribution in [0, 0.1) is 12.8 Å². The first-order valence-corrected chi connectivity index (χ1v) is 10.00. The van der Waals surface area contributed by atoms with Crippen molar-refractivity contribution >= 4 is 33.0 Å². The van der Waals surface area contributed by atoms with Crippen molar-refractivity contribution in [1.29, 1.82) is 0 Å². The Labute approximate surface area is 153 Å². The summed E-state index contributed by atoms with van der Waals surface area (Å²) in [5, 5.41) is 5.58. The Morgan fingerprint density at radius 1 is 0.962 bits per heavy atom. The number of benzene rings is 2. The predicted octanol–water partition coefficient (Wildman–Crippen LogP) is 3.25. The van der Waals surface area contributed by atoms with Crippen molar-refractivity contribution in [2.75, 3.05) is 16.9 Å². The highest BCUT2D eigenvalue weighted by Gasteiger charge is 2.12. The minimum Gasteiger partial charge on any atom is -0.326 e. The first-order valence-electron chi connectivity index (χ1n) is 8.11. The number of aryl methyl sites for hydroxylation is 1. The van der Waals surface area contributed by atoms with Gasteiger partial charge < -0.3 is 10.6 Å². The quantitative estimate of drug-likeness (QED) is 0.840. The maximum absolute atomic E-state index is 12.4. The maximum atomic E-state index is 12.4. The normalized spacial score (nSPS) is 11.3. The molecule has 2 amide bonds. The summed E-state index contributed by atoms with van der Waals surface area (Å²) in [5.74, 6) is -0.620. The van der Waals surface area contributed by atoms with Crippen molar-refractivity contribution < 1.29 is 18.0 Å². The van der Waals surface area contributed by atoms with E-state index in [9.17, 15) is 18.0 Å². The fraction of sp³-hybridized carbons (Fsp3) is 0.263. The maximum Gasteiger partial charge on any atom is 0.255 e. The lowest BCUT2D eigenvalue weighted by Gasteiger charge is -2.13. The molecule has 0 aliphatic carbocycles. The van der Waals surface area contributed by atoms with Crippen molar-refractivity contribution in [2.45, 2.75) is 25.7 Å². The Bertz CT molecular complexity index is 933. The van der Waals surface area contributed by atoms with E-state index < -0.39 is 9.84 Å². The van der Waals surface area contributed by atoms with Gasteiger partial charge in [-0.1, -0.05) is 19.9 Å². The average molecular weight is 374 g/mol. The standard InChI is InChI=1S/C19H22N2O4S/c1-12(2)18(22)20-15-8-5-13(3)17(11-15)21-19(23)14-6-9-16(10-7-14)26(4,24)25/h5-12H,1-4H3,(H,20,22)(H,21,23). The Kier molecular flexibility index (Phi) is 5.82. The molecule has 0 unspecified atom stereocenters. The Balaban J connectivity index is 2.19. The summed E-state index contributed by atoms with van der Waals surface area (Å²) < 4.78 is 23.0. The van der Waals surface area contributed by atoms with Gasteiger partial charge in [-0.2, -0.15) is 0 Å². The van der Waals surface area contributed by atoms with Crippen LogP contribution in [0.3, 0.4) is 0 Å². The molecule has 0 aliphatic rings. The molecule has 0 radical (unpaired) electrons. The fourth-order valence-electron chi connectivity index (χ4n) is 2.17. The largest absolute Gasteiger partial charge is 0.326 e. The number of anilines is 2. The van der Waals surface area contributed by atoms with Crippen LogP contribution >= 0.6 is 0 Å². The van der Waals surface area contributed by atoms with E-state index in [2.05, 4.69) is 10.6 Å². The van der Waals surface area contributed by atoms with Crippen LogP contribution < -0.4 is 10.6 Å². The summed E-state index contributed by atoms with van der Waals surface area (Å²) >= 11 is 0. The molecule has 0 bridgehead atoms. The first kappa shape index (κ1) is 19.7. The monoisotopic (exact) mass is 374 g/mol. The Morgan fingerprint density at radius 3 is 2.12 bits per heavy atom. The summed E-state index contributed by atoms with van der Waals surface area (Å²) in [6.45, 7) is 5.44. The molecule has 2 N–H and O–H groups in total. The van der Waals surface area contributed by atoms with E-state index in [-0.39, 0.29) is 22.6 Å². The highest BCUT2D eigenvalue weighted by Crippen LogP contribution is 2.22. The molecule has 7 heteroatoms. The molecule has 0 saturated heterocycles. The molecule has 26 heavy (non-hydrogen) atoms. The zero-order valence-electron chi connectivity index (χ0n) is 15.2. The van der Waals surface area contributed by atoms with Gasteiger partial charge in [-0.15, -0.1) is 0 Å². The smallest absolute Gasteiger partial charge is 0.255 e. The second-order valence-corrected chi connectivity index (χ2v) is 8.44. The lowest BCUT2D eigenvalue weighted by molar-refractivity contribution is -0.118. The first-order chi connectivity index (χ1) is 12.1. The van der Waals surface area contributed by atoms with Crippen LogP contribution in [-0.2, 0) is 14.6 Å². The van der Waals surface area contributed by atoms with Gasteiger partial charge in [-0.05, 0) is 48.9 Å². The van der Waals surface area contributed by atoms with Crippen LogP contribution in [0.4, 0.5) is 11.4 Å². The summed E-state index contributed by atoms with van der Waals surface area (Å²) in [6.07, 6.45) is 1.11. The summed E-state index contributed by atoms with van der Waals surface area (Å²) in [7, 11) is -3.31. The van der Waals surface area contributed by atoms with E-state index in [4.69, 9.17) is 0 Å². The molecule has 0 heterocycles. The fourth-order valence-corrected chi connectivity index (χ4v) is 2.80. The molecule has 2 rings (SSSR count). The summed E-state index contributed by atoms with van der Waals surface area (Å²) in [6, 6.07) is 11.0. The lowest BCUT2D eigenvalue weighted by Crippen LogP contribution is -2.18. The van der Waals surface area contributed by atoms with Gasteiger partial charge in [0.25, 0.3) is 5.91 Å². The third-order valence-electron chi connectivity index (χ3n) is 3.82. The number of nitrogens with one attached hydrogen (secondary N) is 2. The van der Waals surface area contributed by atoms with E-state index in [0.717, 1.165) is 11.8 Å². The Morgan fingerprint density at radius 2 is 1.58 bits per heavy atom. The molecule has 0 fully saturated rings. The third-order valence-corrected chi connectivity index (χ3v) is 4.95. The molecule has 2 aromatic rings. The van der Waals surface area contributed by atoms with Crippen LogP contribution in [0.25, 0.3) is 0 Å². The van der Waals surface area contributed by atoms with Crippen LogP contribution in [0.15, 0.2) is 47.4 Å². The molecule has 0 atom stereocenters. The number of rotatable bonds is 5. The summed E-state index contributed by atoms with van der Waals surface area (Å²) in [5.41, 5.74) is 2.35. The van der Waals surface area contributed by atoms with Crippen molar-refractivity contribution in [2.24, 2.45) is 5.92 Å². The van der Waals surface area contributed by atoms with E-state index in [0.29, 0.717) is 16.9 Å². The molecule has 0 aromatic heterocycles. The molecular weight excluding hydrogens is 352 g/mol. The number of amides is 2. The van der Waals surface area contributed by atoms with Crippen molar-refractivity contribution in [1.82, 2.24) is 0 Å². The van der Waals surface area contributed by atoms with Gasteiger partial charge in [0, 0.05) is 29.1 Å². The molecule has 0 aliphatic heterocycles. The van der Waals surface area contributed by atoms with Crippen LogP contribution in [0.2, 0.25) is 0 Å². The third kappa shape index (κ3) is 4.92. The highest BCUT2D eigenvalue weighted by atomic mass is 32.2. The van der Waals surface area contributed by atoms with E-state index in [1.54, 1.807) is 32.0 Å². The average Bonchev–Trinajstić information content (AvgIpc) is 2.57. The van der Waals surface area contributed by atoms with Crippen LogP contribution in [0.1, 0.15) is 29.8 Å². The van der Waals surface area contributed by atoms with Gasteiger partial charge in [0.15, 0.2) is 9.84 Å². The SMILES string of the molecule is Cc1ccc(NC(=O)C(C)C)cc1NC(=O)c1ccc(S(C)(=O)=O)cc1. The van der Waals surface area contributed by atoms with Gasteiger partial charge >= 0.3 is 0 Å². The molecule has 0 spiro atoms. The van der Waals surface area contributed by atoms with Gasteiger partial charge in [0.05, 0.1) is 4.90 Å². The van der Waals surface area contributed by atoms with Crippen molar-refractivity contribution in [3.8, 4) is 0 Å². The van der Waals surface area contributed by atoms with E-state index in [1.807, 2.05) is 6.92 Å². The number of carbonyl (C=O) groups is 2. The molecule has 138 valence electrons. The molecular formula is C19H22N2O4S. The second kappa shape index (κ2) is 7.70.